The Bertz CT molecular complexity index is 392. The van der Waals surface area contributed by atoms with Gasteiger partial charge in [0, 0.05) is 23.5 Å². The molecule has 0 radical (unpaired) electrons. The maximum atomic E-state index is 10.0. The number of aliphatic hydroxyl groups is 1. The Morgan fingerprint density at radius 3 is 2.94 bits per heavy atom. The summed E-state index contributed by atoms with van der Waals surface area (Å²) in [6.07, 6.45) is 10.7. The lowest BCUT2D eigenvalue weighted by Gasteiger charge is -2.25. The van der Waals surface area contributed by atoms with Gasteiger partial charge in [0.15, 0.2) is 0 Å². The molecule has 94 valence electrons. The Kier molecular flexibility index (Phi) is 2.99. The van der Waals surface area contributed by atoms with Crippen molar-refractivity contribution in [2.45, 2.75) is 64.0 Å². The monoisotopic (exact) mass is 233 g/mol. The summed E-state index contributed by atoms with van der Waals surface area (Å²) in [4.78, 5) is 0. The number of aromatic nitrogens is 1. The number of aliphatic hydroxyl groups excluding tert-OH is 1. The van der Waals surface area contributed by atoms with Gasteiger partial charge in [-0.1, -0.05) is 19.8 Å². The van der Waals surface area contributed by atoms with Crippen LogP contribution < -0.4 is 0 Å². The van der Waals surface area contributed by atoms with Gasteiger partial charge in [0.05, 0.1) is 6.10 Å². The summed E-state index contributed by atoms with van der Waals surface area (Å²) in [5.41, 5.74) is 2.61. The summed E-state index contributed by atoms with van der Waals surface area (Å²) in [6, 6.07) is 2.81. The van der Waals surface area contributed by atoms with Gasteiger partial charge in [-0.05, 0) is 44.1 Å². The highest BCUT2D eigenvalue weighted by atomic mass is 16.3. The molecule has 17 heavy (non-hydrogen) atoms. The molecule has 1 saturated carbocycles. The minimum atomic E-state index is -0.210. The first-order valence-electron chi connectivity index (χ1n) is 7.17. The Morgan fingerprint density at radius 1 is 1.41 bits per heavy atom. The van der Waals surface area contributed by atoms with Crippen molar-refractivity contribution >= 4 is 0 Å². The zero-order chi connectivity index (χ0) is 11.8. The molecule has 1 N–H and O–H groups in total. The second-order valence-electron chi connectivity index (χ2n) is 5.77. The molecule has 2 nitrogen and oxygen atoms in total. The number of nitrogens with zero attached hydrogens (tertiary/aromatic N) is 1. The normalized spacial score (nSPS) is 25.6. The van der Waals surface area contributed by atoms with Gasteiger partial charge in [0.2, 0.25) is 0 Å². The van der Waals surface area contributed by atoms with Crippen molar-refractivity contribution in [2.24, 2.45) is 5.92 Å². The van der Waals surface area contributed by atoms with E-state index in [9.17, 15) is 5.11 Å². The van der Waals surface area contributed by atoms with Gasteiger partial charge >= 0.3 is 0 Å². The van der Waals surface area contributed by atoms with Crippen molar-refractivity contribution in [1.82, 2.24) is 4.57 Å². The van der Waals surface area contributed by atoms with Crippen LogP contribution >= 0.6 is 0 Å². The fourth-order valence-electron chi connectivity index (χ4n) is 3.25. The molecule has 0 aliphatic heterocycles. The van der Waals surface area contributed by atoms with E-state index in [1.165, 1.54) is 36.9 Å². The average molecular weight is 233 g/mol. The van der Waals surface area contributed by atoms with E-state index in [1.54, 1.807) is 0 Å². The Balaban J connectivity index is 1.85. The van der Waals surface area contributed by atoms with Gasteiger partial charge in [-0.15, -0.1) is 0 Å². The van der Waals surface area contributed by atoms with E-state index in [0.29, 0.717) is 6.04 Å². The van der Waals surface area contributed by atoms with Crippen LogP contribution in [-0.4, -0.2) is 9.67 Å². The SMILES string of the molecule is CCC(CC1CC1)n1ccc2c1CCCC2O. The molecule has 0 aromatic carbocycles. The van der Waals surface area contributed by atoms with Crippen LogP contribution in [0.2, 0.25) is 0 Å². The minimum absolute atomic E-state index is 0.210. The Labute approximate surface area is 104 Å². The third-order valence-electron chi connectivity index (χ3n) is 4.48. The molecule has 1 aromatic rings. The van der Waals surface area contributed by atoms with Crippen LogP contribution in [-0.2, 0) is 6.42 Å². The maximum Gasteiger partial charge on any atom is 0.0807 e. The molecule has 1 fully saturated rings. The van der Waals surface area contributed by atoms with Crippen LogP contribution in [0.4, 0.5) is 0 Å². The molecule has 2 aliphatic carbocycles. The maximum absolute atomic E-state index is 10.0. The van der Waals surface area contributed by atoms with Gasteiger partial charge in [-0.3, -0.25) is 0 Å². The van der Waals surface area contributed by atoms with E-state index in [4.69, 9.17) is 0 Å². The quantitative estimate of drug-likeness (QED) is 0.844. The summed E-state index contributed by atoms with van der Waals surface area (Å²) in [5.74, 6) is 0.978. The molecular weight excluding hydrogens is 210 g/mol. The fourth-order valence-corrected chi connectivity index (χ4v) is 3.25. The predicted molar refractivity (Wildman–Crippen MR) is 69.0 cm³/mol. The summed E-state index contributed by atoms with van der Waals surface area (Å²) in [5, 5.41) is 10.0. The van der Waals surface area contributed by atoms with Crippen LogP contribution in [0.25, 0.3) is 0 Å². The fraction of sp³-hybridized carbons (Fsp3) is 0.733. The van der Waals surface area contributed by atoms with Crippen molar-refractivity contribution in [2.75, 3.05) is 0 Å². The lowest BCUT2D eigenvalue weighted by Crippen LogP contribution is -2.16. The molecule has 2 atom stereocenters. The van der Waals surface area contributed by atoms with E-state index in [-0.39, 0.29) is 6.10 Å². The van der Waals surface area contributed by atoms with Crippen molar-refractivity contribution in [1.29, 1.82) is 0 Å². The van der Waals surface area contributed by atoms with Crippen LogP contribution in [0.15, 0.2) is 12.3 Å². The smallest absolute Gasteiger partial charge is 0.0807 e. The molecule has 0 saturated heterocycles. The second-order valence-corrected chi connectivity index (χ2v) is 5.77. The summed E-state index contributed by atoms with van der Waals surface area (Å²) < 4.78 is 2.47. The summed E-state index contributed by atoms with van der Waals surface area (Å²) in [7, 11) is 0. The molecular formula is C15H23NO. The highest BCUT2D eigenvalue weighted by Gasteiger charge is 2.28. The summed E-state index contributed by atoms with van der Waals surface area (Å²) >= 11 is 0. The lowest BCUT2D eigenvalue weighted by atomic mass is 9.94. The lowest BCUT2D eigenvalue weighted by molar-refractivity contribution is 0.155. The zero-order valence-corrected chi connectivity index (χ0v) is 10.7. The first-order valence-corrected chi connectivity index (χ1v) is 7.17. The van der Waals surface area contributed by atoms with Crippen molar-refractivity contribution in [3.05, 3.63) is 23.5 Å². The first-order chi connectivity index (χ1) is 8.29. The highest BCUT2D eigenvalue weighted by molar-refractivity contribution is 5.28. The molecule has 3 rings (SSSR count). The predicted octanol–water partition coefficient (Wildman–Crippen LogP) is 3.61. The molecule has 2 aliphatic rings. The number of rotatable bonds is 4. The molecule has 2 unspecified atom stereocenters. The van der Waals surface area contributed by atoms with Gasteiger partial charge < -0.3 is 9.67 Å². The van der Waals surface area contributed by atoms with Crippen LogP contribution in [0.3, 0.4) is 0 Å². The van der Waals surface area contributed by atoms with Crippen LogP contribution in [0, 0.1) is 5.92 Å². The summed E-state index contributed by atoms with van der Waals surface area (Å²) in [6.45, 7) is 2.29. The number of hydrogen-bond donors (Lipinski definition) is 1. The molecule has 0 amide bonds. The van der Waals surface area contributed by atoms with E-state index >= 15 is 0 Å². The van der Waals surface area contributed by atoms with Crippen molar-refractivity contribution < 1.29 is 5.11 Å². The third-order valence-corrected chi connectivity index (χ3v) is 4.48. The zero-order valence-electron chi connectivity index (χ0n) is 10.7. The second kappa shape index (κ2) is 4.49. The van der Waals surface area contributed by atoms with E-state index in [1.807, 2.05) is 0 Å². The molecule has 0 bridgehead atoms. The van der Waals surface area contributed by atoms with Gasteiger partial charge in [0.1, 0.15) is 0 Å². The van der Waals surface area contributed by atoms with Crippen molar-refractivity contribution in [3.8, 4) is 0 Å². The number of hydrogen-bond acceptors (Lipinski definition) is 1. The largest absolute Gasteiger partial charge is 0.388 e. The minimum Gasteiger partial charge on any atom is -0.388 e. The van der Waals surface area contributed by atoms with Crippen LogP contribution in [0.5, 0.6) is 0 Å². The Hall–Kier alpha value is -0.760. The van der Waals surface area contributed by atoms with E-state index < -0.39 is 0 Å². The average Bonchev–Trinajstić information content (AvgIpc) is 3.05. The van der Waals surface area contributed by atoms with Gasteiger partial charge in [0.25, 0.3) is 0 Å². The molecule has 2 heteroatoms. The molecule has 1 aromatic heterocycles. The van der Waals surface area contributed by atoms with Crippen molar-refractivity contribution in [3.63, 3.8) is 0 Å². The first kappa shape index (κ1) is 11.3. The molecule has 0 spiro atoms. The van der Waals surface area contributed by atoms with Gasteiger partial charge in [-0.25, -0.2) is 0 Å². The molecule has 1 heterocycles. The van der Waals surface area contributed by atoms with Crippen LogP contribution in [0.1, 0.15) is 68.9 Å². The van der Waals surface area contributed by atoms with E-state index in [0.717, 1.165) is 25.2 Å². The van der Waals surface area contributed by atoms with E-state index in [2.05, 4.69) is 23.8 Å². The standard InChI is InChI=1S/C15H23NO/c1-2-12(10-11-6-7-11)16-9-8-13-14(16)4-3-5-15(13)17/h8-9,11-12,15,17H,2-7,10H2,1H3. The number of fused-ring (bicyclic) bond motifs is 1. The Morgan fingerprint density at radius 2 is 2.24 bits per heavy atom. The topological polar surface area (TPSA) is 25.2 Å². The third kappa shape index (κ3) is 2.15. The van der Waals surface area contributed by atoms with Gasteiger partial charge in [-0.2, -0.15) is 0 Å². The highest BCUT2D eigenvalue weighted by Crippen LogP contribution is 2.40.